The molecule has 3 aliphatic rings. The van der Waals surface area contributed by atoms with Crippen LogP contribution in [0, 0.1) is 0 Å². The number of amides is 2. The molecular formula is C34H40F3N7O4S. The van der Waals surface area contributed by atoms with E-state index in [-0.39, 0.29) is 36.6 Å². The molecule has 3 N–H and O–H groups in total. The van der Waals surface area contributed by atoms with Crippen molar-refractivity contribution in [1.82, 2.24) is 19.4 Å². The third-order valence-corrected chi connectivity index (χ3v) is 10.6. The zero-order valence-corrected chi connectivity index (χ0v) is 28.0. The monoisotopic (exact) mass is 699 g/mol. The highest BCUT2D eigenvalue weighted by Crippen LogP contribution is 2.34. The minimum absolute atomic E-state index is 0.192. The number of rotatable bonds is 13. The third-order valence-electron chi connectivity index (χ3n) is 9.09. The Balaban J connectivity index is 1.13. The Morgan fingerprint density at radius 2 is 1.92 bits per heavy atom. The van der Waals surface area contributed by atoms with Crippen molar-refractivity contribution in [3.05, 3.63) is 76.5 Å². The Bertz CT molecular complexity index is 1650. The zero-order valence-electron chi connectivity index (χ0n) is 27.1. The van der Waals surface area contributed by atoms with Crippen molar-refractivity contribution in [1.29, 1.82) is 0 Å². The van der Waals surface area contributed by atoms with Gasteiger partial charge in [-0.25, -0.2) is 13.5 Å². The van der Waals surface area contributed by atoms with E-state index in [1.165, 1.54) is 7.05 Å². The molecule has 0 radical (unpaired) electrons. The number of benzene rings is 2. The van der Waals surface area contributed by atoms with Gasteiger partial charge in [0.15, 0.2) is 0 Å². The number of nitrogens with zero attached hydrogens (tertiary/aromatic N) is 5. The number of likely N-dealkylation sites (N-methyl/N-ethyl adjacent to an activating group) is 1. The number of alkyl halides is 3. The number of piperidine rings is 1. The molecular weight excluding hydrogens is 659 g/mol. The molecule has 3 heterocycles. The molecule has 0 spiro atoms. The molecule has 2 saturated heterocycles. The van der Waals surface area contributed by atoms with Crippen molar-refractivity contribution < 1.29 is 31.8 Å². The van der Waals surface area contributed by atoms with Crippen LogP contribution in [0.3, 0.4) is 0 Å². The fourth-order valence-corrected chi connectivity index (χ4v) is 7.69. The van der Waals surface area contributed by atoms with Crippen LogP contribution in [0.25, 0.3) is 0 Å². The minimum Gasteiger partial charge on any atom is -0.390 e. The smallest absolute Gasteiger partial charge is 0.390 e. The van der Waals surface area contributed by atoms with E-state index in [0.717, 1.165) is 48.6 Å². The molecule has 11 nitrogen and oxygen atoms in total. The van der Waals surface area contributed by atoms with E-state index in [1.807, 2.05) is 40.7 Å². The molecule has 2 aromatic carbocycles. The van der Waals surface area contributed by atoms with E-state index in [2.05, 4.69) is 26.3 Å². The minimum atomic E-state index is -4.59. The van der Waals surface area contributed by atoms with Crippen molar-refractivity contribution in [2.45, 2.75) is 67.8 Å². The third kappa shape index (κ3) is 8.69. The van der Waals surface area contributed by atoms with Crippen molar-refractivity contribution in [3.8, 4) is 0 Å². The number of hydrogen-bond acceptors (Lipinski definition) is 7. The summed E-state index contributed by atoms with van der Waals surface area (Å²) in [6.07, 6.45) is -0.209. The van der Waals surface area contributed by atoms with Crippen LogP contribution in [0.1, 0.15) is 58.6 Å². The van der Waals surface area contributed by atoms with E-state index in [9.17, 15) is 31.8 Å². The summed E-state index contributed by atoms with van der Waals surface area (Å²) in [7, 11) is 0.107. The van der Waals surface area contributed by atoms with Gasteiger partial charge in [0.25, 0.3) is 5.91 Å². The Morgan fingerprint density at radius 1 is 1.16 bits per heavy atom. The SMILES string of the molecule is CNC(=O)C(CCC=O)N1Cc2cc(C3CN(Cc4cccc(S(=O)N5CCC(N=C/C(=C\N=CN)C(F)(F)F)CC5)c4)C3)ccc2C1=O. The summed E-state index contributed by atoms with van der Waals surface area (Å²) < 4.78 is 54.8. The maximum absolute atomic E-state index is 13.4. The first-order chi connectivity index (χ1) is 23.5. The molecule has 15 heteroatoms. The van der Waals surface area contributed by atoms with Gasteiger partial charge in [0, 0.05) is 76.6 Å². The molecule has 0 aromatic heterocycles. The summed E-state index contributed by atoms with van der Waals surface area (Å²) in [5.41, 5.74) is 7.70. The van der Waals surface area contributed by atoms with E-state index in [1.54, 1.807) is 4.90 Å². The van der Waals surface area contributed by atoms with Gasteiger partial charge in [0.1, 0.15) is 23.3 Å². The number of carbonyl (C=O) groups is 3. The van der Waals surface area contributed by atoms with E-state index in [0.29, 0.717) is 55.7 Å². The molecule has 0 saturated carbocycles. The Kier molecular flexibility index (Phi) is 11.8. The maximum atomic E-state index is 13.4. The van der Waals surface area contributed by atoms with Gasteiger partial charge in [0.05, 0.1) is 22.8 Å². The molecule has 3 aliphatic heterocycles. The number of fused-ring (bicyclic) bond motifs is 1. The lowest BCUT2D eigenvalue weighted by Crippen LogP contribution is -2.46. The molecule has 262 valence electrons. The van der Waals surface area contributed by atoms with Gasteiger partial charge in [0.2, 0.25) is 5.91 Å². The van der Waals surface area contributed by atoms with Crippen LogP contribution in [-0.2, 0) is 33.7 Å². The number of aliphatic imine (C=N–C) groups is 2. The lowest BCUT2D eigenvalue weighted by atomic mass is 9.89. The van der Waals surface area contributed by atoms with E-state index >= 15 is 0 Å². The predicted molar refractivity (Wildman–Crippen MR) is 180 cm³/mol. The van der Waals surface area contributed by atoms with Gasteiger partial charge in [-0.3, -0.25) is 19.5 Å². The maximum Gasteiger partial charge on any atom is 0.419 e. The first-order valence-corrected chi connectivity index (χ1v) is 17.2. The molecule has 2 aromatic rings. The zero-order chi connectivity index (χ0) is 35.1. The second kappa shape index (κ2) is 16.0. The fraction of sp³-hybridized carbons (Fsp3) is 0.441. The van der Waals surface area contributed by atoms with Gasteiger partial charge in [-0.1, -0.05) is 24.3 Å². The average Bonchev–Trinajstić information content (AvgIpc) is 3.40. The van der Waals surface area contributed by atoms with Crippen LogP contribution in [0.4, 0.5) is 13.2 Å². The number of hydrogen-bond donors (Lipinski definition) is 2. The number of nitrogens with one attached hydrogen (secondary N) is 1. The fourth-order valence-electron chi connectivity index (χ4n) is 6.41. The van der Waals surface area contributed by atoms with E-state index < -0.39 is 28.8 Å². The molecule has 49 heavy (non-hydrogen) atoms. The highest BCUT2D eigenvalue weighted by atomic mass is 32.2. The van der Waals surface area contributed by atoms with Gasteiger partial charge >= 0.3 is 6.18 Å². The molecule has 2 unspecified atom stereocenters. The molecule has 0 bridgehead atoms. The summed E-state index contributed by atoms with van der Waals surface area (Å²) >= 11 is 0. The van der Waals surface area contributed by atoms with Gasteiger partial charge < -0.3 is 20.7 Å². The standard InChI is InChI=1S/C34H40F3N7O4S/c1-39-32(46)31(6-3-13-45)44-21-25-15-24(7-8-30(25)33(44)47)26-19-42(20-26)18-23-4-2-5-29(14-23)49(48)43-11-9-28(10-12-43)41-17-27(16-40-22-38)34(35,36)37/h2,4-5,7-8,13-17,22,26,28,31H,3,6,9-12,18-21H2,1H3,(H2,38,40)(H,39,46)/b27-16+,41-17?. The molecule has 2 fully saturated rings. The molecule has 2 atom stereocenters. The van der Waals surface area contributed by atoms with Gasteiger partial charge in [-0.2, -0.15) is 13.2 Å². The lowest BCUT2D eigenvalue weighted by Gasteiger charge is -2.40. The van der Waals surface area contributed by atoms with Gasteiger partial charge in [-0.05, 0) is 54.2 Å². The van der Waals surface area contributed by atoms with Crippen LogP contribution in [0.5, 0.6) is 0 Å². The van der Waals surface area contributed by atoms with Crippen LogP contribution in [0.2, 0.25) is 0 Å². The molecule has 0 aliphatic carbocycles. The number of nitrogens with two attached hydrogens (primary N) is 1. The average molecular weight is 700 g/mol. The first-order valence-electron chi connectivity index (χ1n) is 16.1. The van der Waals surface area contributed by atoms with Gasteiger partial charge in [-0.15, -0.1) is 0 Å². The summed E-state index contributed by atoms with van der Waals surface area (Å²) in [4.78, 5) is 48.5. The van der Waals surface area contributed by atoms with Crippen molar-refractivity contribution >= 4 is 41.6 Å². The number of carbonyl (C=O) groups excluding carboxylic acids is 3. The quantitative estimate of drug-likeness (QED) is 0.187. The lowest BCUT2D eigenvalue weighted by molar-refractivity contribution is -0.125. The van der Waals surface area contributed by atoms with Crippen molar-refractivity contribution in [2.24, 2.45) is 15.7 Å². The second-order valence-electron chi connectivity index (χ2n) is 12.3. The molecule has 5 rings (SSSR count). The Labute approximate surface area is 285 Å². The summed E-state index contributed by atoms with van der Waals surface area (Å²) in [6, 6.07) is 12.5. The normalized spacial score (nSPS) is 19.7. The highest BCUT2D eigenvalue weighted by molar-refractivity contribution is 7.82. The second-order valence-corrected chi connectivity index (χ2v) is 13.8. The Hall–Kier alpha value is -4.21. The largest absolute Gasteiger partial charge is 0.419 e. The number of aldehydes is 1. The van der Waals surface area contributed by atoms with Crippen molar-refractivity contribution in [2.75, 3.05) is 33.2 Å². The van der Waals surface area contributed by atoms with Crippen LogP contribution in [0.15, 0.2) is 69.1 Å². The number of allylic oxidation sites excluding steroid dienone is 1. The van der Waals surface area contributed by atoms with Crippen molar-refractivity contribution in [3.63, 3.8) is 0 Å². The van der Waals surface area contributed by atoms with Crippen LogP contribution in [-0.4, -0.2) is 100 Å². The Morgan fingerprint density at radius 3 is 2.59 bits per heavy atom. The first kappa shape index (κ1) is 36.1. The van der Waals surface area contributed by atoms with Crippen LogP contribution >= 0.6 is 0 Å². The van der Waals surface area contributed by atoms with Crippen LogP contribution < -0.4 is 11.1 Å². The molecule has 2 amide bonds. The predicted octanol–water partition coefficient (Wildman–Crippen LogP) is 3.33. The topological polar surface area (TPSA) is 141 Å². The summed E-state index contributed by atoms with van der Waals surface area (Å²) in [5, 5.41) is 2.60. The number of halogens is 3. The summed E-state index contributed by atoms with van der Waals surface area (Å²) in [5.74, 6) is -0.199. The number of likely N-dealkylation sites (tertiary alicyclic amines) is 1. The summed E-state index contributed by atoms with van der Waals surface area (Å²) in [6.45, 7) is 3.53. The van der Waals surface area contributed by atoms with E-state index in [4.69, 9.17) is 5.73 Å². The highest BCUT2D eigenvalue weighted by Gasteiger charge is 2.37.